The predicted molar refractivity (Wildman–Crippen MR) is 80.1 cm³/mol. The van der Waals surface area contributed by atoms with Crippen LogP contribution in [0.15, 0.2) is 61.1 Å². The molecule has 104 valence electrons. The monoisotopic (exact) mass is 279 g/mol. The maximum atomic E-state index is 9.23. The molecule has 2 aromatic carbocycles. The molecule has 3 aromatic rings. The number of nitrogen functional groups attached to an aromatic ring is 1. The van der Waals surface area contributed by atoms with Crippen LogP contribution < -0.4 is 10.5 Å². The smallest absolute Gasteiger partial charge is 0.134 e. The summed E-state index contributed by atoms with van der Waals surface area (Å²) < 4.78 is 5.68. The number of rotatable bonds is 3. The fourth-order valence-corrected chi connectivity index (χ4v) is 1.91. The van der Waals surface area contributed by atoms with Gasteiger partial charge in [0.05, 0.1) is 0 Å². The fourth-order valence-electron chi connectivity index (χ4n) is 1.91. The quantitative estimate of drug-likeness (QED) is 0.769. The van der Waals surface area contributed by atoms with Crippen LogP contribution in [0.2, 0.25) is 0 Å². The Labute approximate surface area is 121 Å². The largest absolute Gasteiger partial charge is 0.508 e. The molecular formula is C16H13N3O2. The summed E-state index contributed by atoms with van der Waals surface area (Å²) in [6.07, 6.45) is 3.10. The Morgan fingerprint density at radius 3 is 2.14 bits per heavy atom. The Morgan fingerprint density at radius 2 is 1.52 bits per heavy atom. The van der Waals surface area contributed by atoms with Crippen molar-refractivity contribution in [3.8, 4) is 28.4 Å². The molecule has 0 saturated carbocycles. The summed E-state index contributed by atoms with van der Waals surface area (Å²) in [7, 11) is 0. The van der Waals surface area contributed by atoms with Gasteiger partial charge in [0.15, 0.2) is 0 Å². The van der Waals surface area contributed by atoms with Crippen molar-refractivity contribution in [3.05, 3.63) is 61.1 Å². The zero-order valence-corrected chi connectivity index (χ0v) is 11.1. The van der Waals surface area contributed by atoms with Gasteiger partial charge in [0, 0.05) is 11.8 Å². The van der Waals surface area contributed by atoms with Gasteiger partial charge in [-0.25, -0.2) is 9.97 Å². The number of hydrogen-bond donors (Lipinski definition) is 2. The van der Waals surface area contributed by atoms with Gasteiger partial charge in [0.25, 0.3) is 0 Å². The SMILES string of the molecule is Nc1ncncc1-c1ccc(Oc2ccc(O)cc2)cc1. The third kappa shape index (κ3) is 2.92. The highest BCUT2D eigenvalue weighted by atomic mass is 16.5. The van der Waals surface area contributed by atoms with Crippen molar-refractivity contribution >= 4 is 5.82 Å². The molecule has 3 rings (SSSR count). The number of aromatic nitrogens is 2. The fraction of sp³-hybridized carbons (Fsp3) is 0. The molecule has 0 atom stereocenters. The molecule has 0 radical (unpaired) electrons. The first-order valence-corrected chi connectivity index (χ1v) is 6.35. The van der Waals surface area contributed by atoms with Crippen molar-refractivity contribution in [2.24, 2.45) is 0 Å². The summed E-state index contributed by atoms with van der Waals surface area (Å²) in [4.78, 5) is 7.94. The van der Waals surface area contributed by atoms with Gasteiger partial charge in [0.1, 0.15) is 29.4 Å². The maximum absolute atomic E-state index is 9.23. The average Bonchev–Trinajstić information content (AvgIpc) is 2.51. The van der Waals surface area contributed by atoms with Gasteiger partial charge in [-0.2, -0.15) is 0 Å². The first-order valence-electron chi connectivity index (χ1n) is 6.35. The zero-order chi connectivity index (χ0) is 14.7. The molecule has 21 heavy (non-hydrogen) atoms. The van der Waals surface area contributed by atoms with Crippen molar-refractivity contribution in [3.63, 3.8) is 0 Å². The second-order valence-corrected chi connectivity index (χ2v) is 4.44. The lowest BCUT2D eigenvalue weighted by molar-refractivity contribution is 0.464. The van der Waals surface area contributed by atoms with Gasteiger partial charge in [-0.15, -0.1) is 0 Å². The highest BCUT2D eigenvalue weighted by Crippen LogP contribution is 2.28. The molecule has 3 N–H and O–H groups in total. The summed E-state index contributed by atoms with van der Waals surface area (Å²) in [5, 5.41) is 9.23. The molecule has 5 heteroatoms. The lowest BCUT2D eigenvalue weighted by atomic mass is 10.1. The molecule has 0 bridgehead atoms. The Bertz CT molecular complexity index is 740. The molecule has 1 heterocycles. The van der Waals surface area contributed by atoms with E-state index in [2.05, 4.69) is 9.97 Å². The Morgan fingerprint density at radius 1 is 0.905 bits per heavy atom. The number of ether oxygens (including phenoxy) is 1. The zero-order valence-electron chi connectivity index (χ0n) is 11.1. The highest BCUT2D eigenvalue weighted by Gasteiger charge is 2.04. The van der Waals surface area contributed by atoms with E-state index in [1.54, 1.807) is 30.5 Å². The van der Waals surface area contributed by atoms with Crippen LogP contribution in [-0.2, 0) is 0 Å². The van der Waals surface area contributed by atoms with Gasteiger partial charge >= 0.3 is 0 Å². The van der Waals surface area contributed by atoms with Crippen molar-refractivity contribution in [1.82, 2.24) is 9.97 Å². The van der Waals surface area contributed by atoms with Crippen LogP contribution in [0.5, 0.6) is 17.2 Å². The number of aromatic hydroxyl groups is 1. The van der Waals surface area contributed by atoms with Gasteiger partial charge in [-0.3, -0.25) is 0 Å². The van der Waals surface area contributed by atoms with Gasteiger partial charge in [-0.1, -0.05) is 12.1 Å². The molecule has 0 aliphatic carbocycles. The Balaban J connectivity index is 1.81. The van der Waals surface area contributed by atoms with E-state index in [-0.39, 0.29) is 5.75 Å². The van der Waals surface area contributed by atoms with Gasteiger partial charge in [-0.05, 0) is 42.0 Å². The molecule has 0 spiro atoms. The third-order valence-corrected chi connectivity index (χ3v) is 2.98. The summed E-state index contributed by atoms with van der Waals surface area (Å²) in [6, 6.07) is 14.0. The molecular weight excluding hydrogens is 266 g/mol. The third-order valence-electron chi connectivity index (χ3n) is 2.98. The van der Waals surface area contributed by atoms with Crippen LogP contribution in [0.4, 0.5) is 5.82 Å². The number of phenolic OH excluding ortho intramolecular Hbond substituents is 1. The molecule has 0 unspecified atom stereocenters. The number of hydrogen-bond acceptors (Lipinski definition) is 5. The minimum Gasteiger partial charge on any atom is -0.508 e. The number of phenols is 1. The second-order valence-electron chi connectivity index (χ2n) is 4.44. The van der Waals surface area contributed by atoms with Crippen LogP contribution in [-0.4, -0.2) is 15.1 Å². The summed E-state index contributed by atoms with van der Waals surface area (Å²) >= 11 is 0. The van der Waals surface area contributed by atoms with E-state index in [0.717, 1.165) is 11.1 Å². The summed E-state index contributed by atoms with van der Waals surface area (Å²) in [5.74, 6) is 2.00. The molecule has 0 saturated heterocycles. The minimum atomic E-state index is 0.206. The van der Waals surface area contributed by atoms with Crippen molar-refractivity contribution in [2.75, 3.05) is 5.73 Å². The van der Waals surface area contributed by atoms with Crippen LogP contribution >= 0.6 is 0 Å². The Kier molecular flexibility index (Phi) is 3.39. The highest BCUT2D eigenvalue weighted by molar-refractivity contribution is 5.72. The molecule has 1 aromatic heterocycles. The van der Waals surface area contributed by atoms with Crippen LogP contribution in [0.25, 0.3) is 11.1 Å². The predicted octanol–water partition coefficient (Wildman–Crippen LogP) is 3.22. The number of nitrogens with zero attached hydrogens (tertiary/aromatic N) is 2. The first-order chi connectivity index (χ1) is 10.2. The van der Waals surface area contributed by atoms with E-state index < -0.39 is 0 Å². The lowest BCUT2D eigenvalue weighted by Crippen LogP contribution is -1.94. The van der Waals surface area contributed by atoms with Gasteiger partial charge < -0.3 is 15.6 Å². The van der Waals surface area contributed by atoms with E-state index in [0.29, 0.717) is 17.3 Å². The summed E-state index contributed by atoms with van der Waals surface area (Å²) in [5.41, 5.74) is 7.53. The topological polar surface area (TPSA) is 81.3 Å². The van der Waals surface area contributed by atoms with Crippen molar-refractivity contribution in [2.45, 2.75) is 0 Å². The molecule has 0 aliphatic heterocycles. The normalized spacial score (nSPS) is 10.3. The average molecular weight is 279 g/mol. The van der Waals surface area contributed by atoms with Gasteiger partial charge in [0.2, 0.25) is 0 Å². The van der Waals surface area contributed by atoms with E-state index in [1.807, 2.05) is 24.3 Å². The van der Waals surface area contributed by atoms with E-state index in [9.17, 15) is 5.11 Å². The lowest BCUT2D eigenvalue weighted by Gasteiger charge is -2.08. The molecule has 0 aliphatic rings. The van der Waals surface area contributed by atoms with E-state index >= 15 is 0 Å². The number of anilines is 1. The number of nitrogens with two attached hydrogens (primary N) is 1. The first kappa shape index (κ1) is 12.9. The van der Waals surface area contributed by atoms with Crippen LogP contribution in [0.3, 0.4) is 0 Å². The maximum Gasteiger partial charge on any atom is 0.134 e. The van der Waals surface area contributed by atoms with Crippen molar-refractivity contribution < 1.29 is 9.84 Å². The molecule has 0 fully saturated rings. The van der Waals surface area contributed by atoms with E-state index in [1.165, 1.54) is 6.33 Å². The van der Waals surface area contributed by atoms with E-state index in [4.69, 9.17) is 10.5 Å². The molecule has 5 nitrogen and oxygen atoms in total. The van der Waals surface area contributed by atoms with Crippen molar-refractivity contribution in [1.29, 1.82) is 0 Å². The second kappa shape index (κ2) is 5.50. The minimum absolute atomic E-state index is 0.206. The Hall–Kier alpha value is -3.08. The van der Waals surface area contributed by atoms with Crippen LogP contribution in [0.1, 0.15) is 0 Å². The number of benzene rings is 2. The standard InChI is InChI=1S/C16H13N3O2/c17-16-15(9-18-10-19-16)11-1-5-13(6-2-11)21-14-7-3-12(20)4-8-14/h1-10,20H,(H2,17,18,19). The summed E-state index contributed by atoms with van der Waals surface area (Å²) in [6.45, 7) is 0. The van der Waals surface area contributed by atoms with Crippen LogP contribution in [0, 0.1) is 0 Å². The molecule has 0 amide bonds.